The molecular weight excluding hydrogens is 709 g/mol. The van der Waals surface area contributed by atoms with Crippen LogP contribution in [-0.4, -0.2) is 24.9 Å². The minimum absolute atomic E-state index is 0.206. The van der Waals surface area contributed by atoms with Crippen molar-refractivity contribution >= 4 is 17.3 Å². The molecule has 0 fully saturated rings. The van der Waals surface area contributed by atoms with Crippen molar-refractivity contribution in [3.63, 3.8) is 0 Å². The van der Waals surface area contributed by atoms with Crippen LogP contribution in [-0.2, 0) is 5.41 Å². The third-order valence-electron chi connectivity index (χ3n) is 10.9. The van der Waals surface area contributed by atoms with E-state index in [-0.39, 0.29) is 5.41 Å². The van der Waals surface area contributed by atoms with Gasteiger partial charge in [0.15, 0.2) is 17.5 Å². The third kappa shape index (κ3) is 6.40. The van der Waals surface area contributed by atoms with E-state index in [2.05, 4.69) is 146 Å². The van der Waals surface area contributed by atoms with Crippen LogP contribution in [0.15, 0.2) is 194 Å². The predicted molar refractivity (Wildman–Crippen MR) is 235 cm³/mol. The molecule has 2 aromatic heterocycles. The monoisotopic (exact) mass is 746 g/mol. The molecule has 6 heteroatoms. The van der Waals surface area contributed by atoms with Crippen LogP contribution < -0.4 is 4.90 Å². The Kier molecular flexibility index (Phi) is 8.72. The van der Waals surface area contributed by atoms with Gasteiger partial charge in [0.25, 0.3) is 0 Å². The number of nitrogens with zero attached hydrogens (tertiary/aromatic N) is 6. The van der Waals surface area contributed by atoms with Gasteiger partial charge < -0.3 is 0 Å². The Morgan fingerprint density at radius 1 is 0.328 bits per heavy atom. The van der Waals surface area contributed by atoms with E-state index in [1.807, 2.05) is 66.7 Å². The number of anilines is 3. The quantitative estimate of drug-likeness (QED) is 0.162. The molecule has 0 saturated carbocycles. The zero-order valence-corrected chi connectivity index (χ0v) is 32.2. The van der Waals surface area contributed by atoms with Gasteiger partial charge in [-0.2, -0.15) is 9.97 Å². The summed E-state index contributed by atoms with van der Waals surface area (Å²) in [4.78, 5) is 27.8. The number of aromatic nitrogens is 5. The number of hydrogen-bond donors (Lipinski definition) is 0. The normalized spacial score (nSPS) is 12.8. The minimum atomic E-state index is -0.206. The number of para-hydroxylation sites is 2. The molecule has 6 nitrogen and oxygen atoms in total. The Morgan fingerprint density at radius 2 is 0.724 bits per heavy atom. The van der Waals surface area contributed by atoms with Crippen LogP contribution >= 0.6 is 0 Å². The van der Waals surface area contributed by atoms with Crippen LogP contribution in [0.25, 0.3) is 67.8 Å². The number of fused-ring (bicyclic) bond motifs is 2. The van der Waals surface area contributed by atoms with Crippen LogP contribution in [0.1, 0.15) is 25.0 Å². The van der Waals surface area contributed by atoms with E-state index in [1.54, 1.807) is 0 Å². The largest absolute Gasteiger partial charge is 0.278 e. The Bertz CT molecular complexity index is 2820. The van der Waals surface area contributed by atoms with Crippen LogP contribution in [0, 0.1) is 0 Å². The summed E-state index contributed by atoms with van der Waals surface area (Å²) >= 11 is 0. The summed E-state index contributed by atoms with van der Waals surface area (Å²) < 4.78 is 0. The highest BCUT2D eigenvalue weighted by Gasteiger charge is 2.37. The first kappa shape index (κ1) is 34.9. The van der Waals surface area contributed by atoms with E-state index < -0.39 is 0 Å². The molecule has 276 valence electrons. The number of hydrogen-bond acceptors (Lipinski definition) is 6. The molecule has 1 aliphatic heterocycles. The van der Waals surface area contributed by atoms with Crippen molar-refractivity contribution < 1.29 is 0 Å². The Hall–Kier alpha value is -7.57. The molecule has 7 aromatic carbocycles. The van der Waals surface area contributed by atoms with Gasteiger partial charge in [-0.3, -0.25) is 4.90 Å². The second-order valence-corrected chi connectivity index (χ2v) is 15.0. The third-order valence-corrected chi connectivity index (χ3v) is 10.9. The van der Waals surface area contributed by atoms with Crippen molar-refractivity contribution in [1.29, 1.82) is 0 Å². The van der Waals surface area contributed by atoms with E-state index >= 15 is 0 Å². The Morgan fingerprint density at radius 3 is 1.29 bits per heavy atom. The highest BCUT2D eigenvalue weighted by atomic mass is 15.3. The fourth-order valence-electron chi connectivity index (χ4n) is 7.96. The van der Waals surface area contributed by atoms with Crippen LogP contribution in [0.4, 0.5) is 17.3 Å². The molecule has 0 bridgehead atoms. The lowest BCUT2D eigenvalue weighted by molar-refractivity contribution is 0.630. The topological polar surface area (TPSA) is 67.7 Å². The average Bonchev–Trinajstić information content (AvgIpc) is 3.30. The summed E-state index contributed by atoms with van der Waals surface area (Å²) in [6.45, 7) is 4.57. The van der Waals surface area contributed by atoms with Crippen LogP contribution in [0.5, 0.6) is 0 Å². The van der Waals surface area contributed by atoms with Gasteiger partial charge in [-0.1, -0.05) is 178 Å². The molecule has 0 saturated heterocycles. The summed E-state index contributed by atoms with van der Waals surface area (Å²) in [5.74, 6) is 2.46. The van der Waals surface area contributed by atoms with Gasteiger partial charge >= 0.3 is 0 Å². The molecule has 0 radical (unpaired) electrons. The molecule has 0 aliphatic carbocycles. The van der Waals surface area contributed by atoms with Crippen molar-refractivity contribution in [1.82, 2.24) is 24.9 Å². The molecule has 0 unspecified atom stereocenters. The second kappa shape index (κ2) is 14.5. The maximum absolute atomic E-state index is 5.26. The summed E-state index contributed by atoms with van der Waals surface area (Å²) in [6.07, 6.45) is 0. The zero-order chi connectivity index (χ0) is 39.1. The molecule has 0 spiro atoms. The lowest BCUT2D eigenvalue weighted by Gasteiger charge is -2.40. The Labute approximate surface area is 338 Å². The lowest BCUT2D eigenvalue weighted by Crippen LogP contribution is -2.31. The summed E-state index contributed by atoms with van der Waals surface area (Å²) in [5.41, 5.74) is 13.0. The van der Waals surface area contributed by atoms with E-state index in [1.165, 1.54) is 11.1 Å². The first-order valence-electron chi connectivity index (χ1n) is 19.5. The van der Waals surface area contributed by atoms with Gasteiger partial charge in [0.1, 0.15) is 0 Å². The lowest BCUT2D eigenvalue weighted by atomic mass is 9.74. The standard InChI is InChI=1S/C52H38N6/c1-52(2)42-28-12-14-30-46(42)58(47-31-15-13-29-43(47)52)51-56-49(37-22-10-5-11-23-37)55-50(57-51)41-27-17-25-39(33-41)38-24-16-26-40(32-38)45-34-44(35-18-6-3-7-19-35)53-48(54-45)36-20-8-4-9-21-36/h3-34H,1-2H3. The van der Waals surface area contributed by atoms with Gasteiger partial charge in [0, 0.05) is 33.2 Å². The SMILES string of the molecule is CC1(C)c2ccccc2N(c2nc(-c3ccccc3)nc(-c3cccc(-c4cccc(-c5cc(-c6ccccc6)nc(-c6ccccc6)n5)c4)c3)n2)c2ccccc21. The molecule has 0 amide bonds. The van der Waals surface area contributed by atoms with Crippen LogP contribution in [0.3, 0.4) is 0 Å². The smallest absolute Gasteiger partial charge is 0.238 e. The maximum Gasteiger partial charge on any atom is 0.238 e. The van der Waals surface area contributed by atoms with Crippen molar-refractivity contribution in [3.8, 4) is 67.8 Å². The highest BCUT2D eigenvalue weighted by Crippen LogP contribution is 2.51. The van der Waals surface area contributed by atoms with E-state index in [9.17, 15) is 0 Å². The summed E-state index contributed by atoms with van der Waals surface area (Å²) in [6, 6.07) is 66.7. The summed E-state index contributed by atoms with van der Waals surface area (Å²) in [7, 11) is 0. The van der Waals surface area contributed by atoms with Crippen molar-refractivity contribution in [2.45, 2.75) is 19.3 Å². The molecule has 9 aromatic rings. The van der Waals surface area contributed by atoms with E-state index in [4.69, 9.17) is 24.9 Å². The Balaban J connectivity index is 1.09. The average molecular weight is 747 g/mol. The van der Waals surface area contributed by atoms with Gasteiger partial charge in [-0.25, -0.2) is 15.0 Å². The fourth-order valence-corrected chi connectivity index (χ4v) is 7.96. The molecule has 10 rings (SSSR count). The van der Waals surface area contributed by atoms with Gasteiger partial charge in [0.05, 0.1) is 22.8 Å². The number of benzene rings is 7. The molecule has 0 atom stereocenters. The molecule has 58 heavy (non-hydrogen) atoms. The number of rotatable bonds is 7. The molecule has 1 aliphatic rings. The first-order valence-corrected chi connectivity index (χ1v) is 19.5. The maximum atomic E-state index is 5.26. The highest BCUT2D eigenvalue weighted by molar-refractivity contribution is 5.85. The van der Waals surface area contributed by atoms with Gasteiger partial charge in [-0.05, 0) is 52.6 Å². The minimum Gasteiger partial charge on any atom is -0.278 e. The fraction of sp³-hybridized carbons (Fsp3) is 0.0577. The van der Waals surface area contributed by atoms with E-state index in [0.717, 1.165) is 61.7 Å². The van der Waals surface area contributed by atoms with Crippen molar-refractivity contribution in [2.75, 3.05) is 4.90 Å². The van der Waals surface area contributed by atoms with Gasteiger partial charge in [-0.15, -0.1) is 0 Å². The summed E-state index contributed by atoms with van der Waals surface area (Å²) in [5, 5.41) is 0. The van der Waals surface area contributed by atoms with Crippen molar-refractivity contribution in [3.05, 3.63) is 205 Å². The van der Waals surface area contributed by atoms with Gasteiger partial charge in [0.2, 0.25) is 5.95 Å². The molecular formula is C52H38N6. The van der Waals surface area contributed by atoms with Crippen LogP contribution in [0.2, 0.25) is 0 Å². The van der Waals surface area contributed by atoms with E-state index in [0.29, 0.717) is 23.4 Å². The second-order valence-electron chi connectivity index (χ2n) is 15.0. The zero-order valence-electron chi connectivity index (χ0n) is 32.2. The first-order chi connectivity index (χ1) is 28.5. The molecule has 3 heterocycles. The molecule has 0 N–H and O–H groups in total. The predicted octanol–water partition coefficient (Wildman–Crippen LogP) is 12.8. The van der Waals surface area contributed by atoms with Crippen molar-refractivity contribution in [2.24, 2.45) is 0 Å².